The topological polar surface area (TPSA) is 107 Å². The standard InChI is InChI=1S/C18H17N3O5/c1-12(22)19-13-4-6-14(7-5-13)20-18(23)11-24-10-15-9-17(26-21-15)16-3-2-8-25-16/h2-9H,10-11H2,1H3,(H,19,22)(H,20,23). The zero-order valence-corrected chi connectivity index (χ0v) is 14.0. The van der Waals surface area contributed by atoms with Crippen molar-refractivity contribution < 1.29 is 23.3 Å². The van der Waals surface area contributed by atoms with Crippen LogP contribution in [0, 0.1) is 0 Å². The van der Waals surface area contributed by atoms with Gasteiger partial charge in [0, 0.05) is 24.4 Å². The van der Waals surface area contributed by atoms with Gasteiger partial charge in [-0.2, -0.15) is 0 Å². The quantitative estimate of drug-likeness (QED) is 0.675. The molecule has 8 nitrogen and oxygen atoms in total. The molecule has 0 aliphatic rings. The van der Waals surface area contributed by atoms with E-state index in [0.717, 1.165) is 0 Å². The maximum absolute atomic E-state index is 11.9. The Morgan fingerprint density at radius 3 is 2.46 bits per heavy atom. The van der Waals surface area contributed by atoms with Crippen LogP contribution in [0.15, 0.2) is 57.7 Å². The van der Waals surface area contributed by atoms with Crippen molar-refractivity contribution in [3.8, 4) is 11.5 Å². The van der Waals surface area contributed by atoms with E-state index in [9.17, 15) is 9.59 Å². The van der Waals surface area contributed by atoms with Crippen molar-refractivity contribution >= 4 is 23.2 Å². The normalized spacial score (nSPS) is 10.5. The Kier molecular flexibility index (Phi) is 5.45. The van der Waals surface area contributed by atoms with E-state index in [1.54, 1.807) is 48.7 Å². The molecule has 2 amide bonds. The third-order valence-corrected chi connectivity index (χ3v) is 3.30. The molecule has 2 N–H and O–H groups in total. The number of rotatable bonds is 7. The SMILES string of the molecule is CC(=O)Nc1ccc(NC(=O)COCc2cc(-c3ccco3)on2)cc1. The lowest BCUT2D eigenvalue weighted by molar-refractivity contribution is -0.121. The summed E-state index contributed by atoms with van der Waals surface area (Å²) in [6.07, 6.45) is 1.54. The number of aromatic nitrogens is 1. The first-order chi connectivity index (χ1) is 12.6. The van der Waals surface area contributed by atoms with E-state index in [-0.39, 0.29) is 25.0 Å². The van der Waals surface area contributed by atoms with E-state index in [0.29, 0.717) is 28.6 Å². The van der Waals surface area contributed by atoms with Gasteiger partial charge in [-0.3, -0.25) is 9.59 Å². The van der Waals surface area contributed by atoms with Gasteiger partial charge in [-0.1, -0.05) is 5.16 Å². The van der Waals surface area contributed by atoms with E-state index in [2.05, 4.69) is 15.8 Å². The molecule has 0 spiro atoms. The smallest absolute Gasteiger partial charge is 0.250 e. The van der Waals surface area contributed by atoms with E-state index in [4.69, 9.17) is 13.7 Å². The number of furan rings is 1. The molecule has 0 bridgehead atoms. The van der Waals surface area contributed by atoms with Crippen molar-refractivity contribution in [2.75, 3.05) is 17.2 Å². The first-order valence-electron chi connectivity index (χ1n) is 7.85. The van der Waals surface area contributed by atoms with E-state index < -0.39 is 0 Å². The number of anilines is 2. The molecule has 26 heavy (non-hydrogen) atoms. The maximum atomic E-state index is 11.9. The van der Waals surface area contributed by atoms with E-state index >= 15 is 0 Å². The van der Waals surface area contributed by atoms with Gasteiger partial charge in [0.15, 0.2) is 5.76 Å². The second kappa shape index (κ2) is 8.13. The van der Waals surface area contributed by atoms with Crippen LogP contribution in [0.1, 0.15) is 12.6 Å². The third kappa shape index (κ3) is 4.81. The number of benzene rings is 1. The third-order valence-electron chi connectivity index (χ3n) is 3.30. The molecule has 0 unspecified atom stereocenters. The second-order valence-corrected chi connectivity index (χ2v) is 5.46. The molecule has 0 aliphatic heterocycles. The van der Waals surface area contributed by atoms with E-state index in [1.165, 1.54) is 6.92 Å². The Hall–Kier alpha value is -3.39. The van der Waals surface area contributed by atoms with Gasteiger partial charge < -0.3 is 24.3 Å². The Morgan fingerprint density at radius 1 is 1.08 bits per heavy atom. The van der Waals surface area contributed by atoms with Crippen molar-refractivity contribution in [2.45, 2.75) is 13.5 Å². The minimum atomic E-state index is -0.299. The molecule has 134 valence electrons. The van der Waals surface area contributed by atoms with Crippen LogP contribution in [0.2, 0.25) is 0 Å². The highest BCUT2D eigenvalue weighted by molar-refractivity contribution is 5.92. The lowest BCUT2D eigenvalue weighted by Gasteiger charge is -2.07. The highest BCUT2D eigenvalue weighted by atomic mass is 16.5. The predicted octanol–water partition coefficient (Wildman–Crippen LogP) is 3.05. The minimum Gasteiger partial charge on any atom is -0.461 e. The Bertz CT molecular complexity index is 869. The molecule has 0 radical (unpaired) electrons. The number of hydrogen-bond donors (Lipinski definition) is 2. The highest BCUT2D eigenvalue weighted by Crippen LogP contribution is 2.20. The zero-order chi connectivity index (χ0) is 18.4. The van der Waals surface area contributed by atoms with Gasteiger partial charge >= 0.3 is 0 Å². The summed E-state index contributed by atoms with van der Waals surface area (Å²) in [5, 5.41) is 9.21. The first-order valence-corrected chi connectivity index (χ1v) is 7.85. The Balaban J connectivity index is 1.43. The van der Waals surface area contributed by atoms with Crippen molar-refractivity contribution in [3.63, 3.8) is 0 Å². The zero-order valence-electron chi connectivity index (χ0n) is 14.0. The number of carbonyl (C=O) groups is 2. The van der Waals surface area contributed by atoms with Gasteiger partial charge in [0.05, 0.1) is 12.9 Å². The fourth-order valence-corrected chi connectivity index (χ4v) is 2.20. The molecule has 1 aromatic carbocycles. The Morgan fingerprint density at radius 2 is 1.81 bits per heavy atom. The molecule has 2 aromatic heterocycles. The number of carbonyl (C=O) groups excluding carboxylic acids is 2. The van der Waals surface area contributed by atoms with Crippen LogP contribution >= 0.6 is 0 Å². The van der Waals surface area contributed by atoms with Gasteiger partial charge in [0.2, 0.25) is 17.6 Å². The molecule has 3 aromatic rings. The largest absolute Gasteiger partial charge is 0.461 e. The second-order valence-electron chi connectivity index (χ2n) is 5.46. The molecule has 0 saturated heterocycles. The lowest BCUT2D eigenvalue weighted by Crippen LogP contribution is -2.18. The number of ether oxygens (including phenoxy) is 1. The molecular weight excluding hydrogens is 338 g/mol. The summed E-state index contributed by atoms with van der Waals surface area (Å²) in [4.78, 5) is 22.9. The molecule has 3 rings (SSSR count). The molecule has 0 aliphatic carbocycles. The van der Waals surface area contributed by atoms with Crippen molar-refractivity contribution in [1.29, 1.82) is 0 Å². The van der Waals surface area contributed by atoms with Gasteiger partial charge in [-0.25, -0.2) is 0 Å². The van der Waals surface area contributed by atoms with Gasteiger partial charge in [-0.15, -0.1) is 0 Å². The Labute approximate surface area is 149 Å². The summed E-state index contributed by atoms with van der Waals surface area (Å²) in [5.74, 6) is 0.617. The summed E-state index contributed by atoms with van der Waals surface area (Å²) in [7, 11) is 0. The van der Waals surface area contributed by atoms with Crippen LogP contribution in [0.5, 0.6) is 0 Å². The number of nitrogens with zero attached hydrogens (tertiary/aromatic N) is 1. The number of amides is 2. The summed E-state index contributed by atoms with van der Waals surface area (Å²) in [6.45, 7) is 1.44. The van der Waals surface area contributed by atoms with Crippen LogP contribution < -0.4 is 10.6 Å². The van der Waals surface area contributed by atoms with Crippen molar-refractivity contribution in [1.82, 2.24) is 5.16 Å². The molecular formula is C18H17N3O5. The van der Waals surface area contributed by atoms with Gasteiger partial charge in [-0.05, 0) is 36.4 Å². The molecule has 0 fully saturated rings. The minimum absolute atomic E-state index is 0.129. The van der Waals surface area contributed by atoms with Crippen LogP contribution in [0.4, 0.5) is 11.4 Å². The van der Waals surface area contributed by atoms with Crippen molar-refractivity contribution in [3.05, 3.63) is 54.4 Å². The average Bonchev–Trinajstić information content (AvgIpc) is 3.27. The number of hydrogen-bond acceptors (Lipinski definition) is 6. The average molecular weight is 355 g/mol. The van der Waals surface area contributed by atoms with Crippen LogP contribution in [0.3, 0.4) is 0 Å². The van der Waals surface area contributed by atoms with Gasteiger partial charge in [0.25, 0.3) is 0 Å². The fraction of sp³-hybridized carbons (Fsp3) is 0.167. The monoisotopic (exact) mass is 355 g/mol. The summed E-state index contributed by atoms with van der Waals surface area (Å²) in [5.41, 5.74) is 1.82. The highest BCUT2D eigenvalue weighted by Gasteiger charge is 2.10. The molecule has 8 heteroatoms. The van der Waals surface area contributed by atoms with Crippen LogP contribution in [0.25, 0.3) is 11.5 Å². The maximum Gasteiger partial charge on any atom is 0.250 e. The van der Waals surface area contributed by atoms with Crippen LogP contribution in [-0.2, 0) is 20.9 Å². The lowest BCUT2D eigenvalue weighted by atomic mass is 10.2. The van der Waals surface area contributed by atoms with Gasteiger partial charge in [0.1, 0.15) is 12.3 Å². The summed E-state index contributed by atoms with van der Waals surface area (Å²) >= 11 is 0. The molecule has 2 heterocycles. The summed E-state index contributed by atoms with van der Waals surface area (Å²) in [6, 6.07) is 12.0. The molecule has 0 saturated carbocycles. The molecule has 0 atom stereocenters. The summed E-state index contributed by atoms with van der Waals surface area (Å²) < 4.78 is 15.7. The van der Waals surface area contributed by atoms with E-state index in [1.807, 2.05) is 0 Å². The van der Waals surface area contributed by atoms with Crippen molar-refractivity contribution in [2.24, 2.45) is 0 Å². The fourth-order valence-electron chi connectivity index (χ4n) is 2.20. The van der Waals surface area contributed by atoms with Crippen LogP contribution in [-0.4, -0.2) is 23.6 Å². The predicted molar refractivity (Wildman–Crippen MR) is 93.2 cm³/mol. The number of nitrogens with one attached hydrogen (secondary N) is 2. The first kappa shape index (κ1) is 17.4.